The molecule has 1 N–H and O–H groups in total. The Morgan fingerprint density at radius 3 is 2.94 bits per heavy atom. The molecule has 1 atom stereocenters. The maximum Gasteiger partial charge on any atom is 0.138 e. The number of rotatable bonds is 4. The van der Waals surface area contributed by atoms with Gasteiger partial charge in [-0.1, -0.05) is 19.8 Å². The Kier molecular flexibility index (Phi) is 4.38. The van der Waals surface area contributed by atoms with Crippen LogP contribution in [0.2, 0.25) is 0 Å². The van der Waals surface area contributed by atoms with Crippen LogP contribution in [-0.2, 0) is 6.42 Å². The zero-order chi connectivity index (χ0) is 13.0. The third-order valence-corrected chi connectivity index (χ3v) is 4.14. The molecule has 1 saturated heterocycles. The Bertz CT molecular complexity index is 362. The van der Waals surface area contributed by atoms with E-state index in [1.807, 2.05) is 0 Å². The second kappa shape index (κ2) is 5.83. The number of nitrogens with zero attached hydrogens (tertiary/aromatic N) is 3. The van der Waals surface area contributed by atoms with Crippen molar-refractivity contribution in [2.24, 2.45) is 0 Å². The van der Waals surface area contributed by atoms with Gasteiger partial charge < -0.3 is 5.32 Å². The van der Waals surface area contributed by atoms with Crippen molar-refractivity contribution in [2.75, 3.05) is 6.54 Å². The summed E-state index contributed by atoms with van der Waals surface area (Å²) in [7, 11) is 0. The van der Waals surface area contributed by atoms with Crippen LogP contribution in [0.1, 0.15) is 64.7 Å². The first-order valence-electron chi connectivity index (χ1n) is 7.30. The molecular weight excluding hydrogens is 224 g/mol. The fourth-order valence-corrected chi connectivity index (χ4v) is 2.92. The topological polar surface area (TPSA) is 42.7 Å². The SMILES string of the molecule is CCC1(Cc2ncnn2C(C)C)CCCCCN1. The van der Waals surface area contributed by atoms with E-state index in [4.69, 9.17) is 0 Å². The minimum atomic E-state index is 0.232. The summed E-state index contributed by atoms with van der Waals surface area (Å²) >= 11 is 0. The van der Waals surface area contributed by atoms with E-state index in [1.54, 1.807) is 6.33 Å². The molecule has 1 unspecified atom stereocenters. The van der Waals surface area contributed by atoms with Crippen molar-refractivity contribution in [3.8, 4) is 0 Å². The van der Waals surface area contributed by atoms with E-state index in [0.29, 0.717) is 6.04 Å². The van der Waals surface area contributed by atoms with Gasteiger partial charge in [0.1, 0.15) is 12.2 Å². The van der Waals surface area contributed by atoms with Crippen molar-refractivity contribution in [1.29, 1.82) is 0 Å². The second-order valence-corrected chi connectivity index (χ2v) is 5.76. The fourth-order valence-electron chi connectivity index (χ4n) is 2.92. The average Bonchev–Trinajstić information content (AvgIpc) is 2.68. The molecule has 1 aliphatic heterocycles. The molecule has 1 aromatic rings. The van der Waals surface area contributed by atoms with Crippen LogP contribution >= 0.6 is 0 Å². The van der Waals surface area contributed by atoms with Crippen LogP contribution in [0.4, 0.5) is 0 Å². The highest BCUT2D eigenvalue weighted by Gasteiger charge is 2.30. The Hall–Kier alpha value is -0.900. The summed E-state index contributed by atoms with van der Waals surface area (Å²) in [5, 5.41) is 8.12. The quantitative estimate of drug-likeness (QED) is 0.893. The first-order chi connectivity index (χ1) is 8.67. The van der Waals surface area contributed by atoms with E-state index < -0.39 is 0 Å². The molecule has 0 aromatic carbocycles. The number of hydrogen-bond donors (Lipinski definition) is 1. The van der Waals surface area contributed by atoms with Gasteiger partial charge in [0.2, 0.25) is 0 Å². The molecular formula is C14H26N4. The molecule has 102 valence electrons. The molecule has 18 heavy (non-hydrogen) atoms. The summed E-state index contributed by atoms with van der Waals surface area (Å²) in [4.78, 5) is 4.47. The Morgan fingerprint density at radius 1 is 1.39 bits per heavy atom. The van der Waals surface area contributed by atoms with E-state index >= 15 is 0 Å². The number of hydrogen-bond acceptors (Lipinski definition) is 3. The predicted molar refractivity (Wildman–Crippen MR) is 73.6 cm³/mol. The second-order valence-electron chi connectivity index (χ2n) is 5.76. The number of nitrogens with one attached hydrogen (secondary N) is 1. The summed E-state index contributed by atoms with van der Waals surface area (Å²) in [6.45, 7) is 7.76. The van der Waals surface area contributed by atoms with Crippen LogP contribution in [0.3, 0.4) is 0 Å². The Balaban J connectivity index is 2.15. The van der Waals surface area contributed by atoms with Crippen LogP contribution in [-0.4, -0.2) is 26.8 Å². The van der Waals surface area contributed by atoms with E-state index in [2.05, 4.69) is 40.9 Å². The third kappa shape index (κ3) is 2.91. The lowest BCUT2D eigenvalue weighted by Crippen LogP contribution is -2.46. The van der Waals surface area contributed by atoms with Gasteiger partial charge in [0.25, 0.3) is 0 Å². The minimum Gasteiger partial charge on any atom is -0.311 e. The lowest BCUT2D eigenvalue weighted by Gasteiger charge is -2.32. The van der Waals surface area contributed by atoms with Crippen LogP contribution in [0.15, 0.2) is 6.33 Å². The van der Waals surface area contributed by atoms with Gasteiger partial charge in [-0.05, 0) is 39.7 Å². The molecule has 0 amide bonds. The summed E-state index contributed by atoms with van der Waals surface area (Å²) in [5.74, 6) is 1.13. The molecule has 0 spiro atoms. The van der Waals surface area contributed by atoms with Crippen molar-refractivity contribution >= 4 is 0 Å². The fraction of sp³-hybridized carbons (Fsp3) is 0.857. The molecule has 2 heterocycles. The highest BCUT2D eigenvalue weighted by atomic mass is 15.3. The van der Waals surface area contributed by atoms with Gasteiger partial charge in [0.15, 0.2) is 0 Å². The monoisotopic (exact) mass is 250 g/mol. The predicted octanol–water partition coefficient (Wildman–Crippen LogP) is 2.71. The van der Waals surface area contributed by atoms with Gasteiger partial charge in [-0.25, -0.2) is 9.67 Å². The van der Waals surface area contributed by atoms with Gasteiger partial charge in [-0.2, -0.15) is 5.10 Å². The smallest absolute Gasteiger partial charge is 0.138 e. The molecule has 4 heteroatoms. The highest BCUT2D eigenvalue weighted by Crippen LogP contribution is 2.26. The largest absolute Gasteiger partial charge is 0.311 e. The van der Waals surface area contributed by atoms with E-state index in [1.165, 1.54) is 25.7 Å². The summed E-state index contributed by atoms with van der Waals surface area (Å²) in [6, 6.07) is 0.391. The van der Waals surface area contributed by atoms with Gasteiger partial charge in [0, 0.05) is 18.0 Å². The third-order valence-electron chi connectivity index (χ3n) is 4.14. The summed E-state index contributed by atoms with van der Waals surface area (Å²) in [6.07, 6.45) is 9.10. The van der Waals surface area contributed by atoms with Crippen molar-refractivity contribution in [2.45, 2.75) is 70.9 Å². The van der Waals surface area contributed by atoms with Crippen LogP contribution in [0.5, 0.6) is 0 Å². The molecule has 1 aliphatic rings. The van der Waals surface area contributed by atoms with Crippen molar-refractivity contribution < 1.29 is 0 Å². The molecule has 0 radical (unpaired) electrons. The Labute approximate surface area is 110 Å². The van der Waals surface area contributed by atoms with Crippen LogP contribution < -0.4 is 5.32 Å². The van der Waals surface area contributed by atoms with Crippen molar-refractivity contribution in [1.82, 2.24) is 20.1 Å². The standard InChI is InChI=1S/C14H26N4/c1-4-14(8-6-5-7-9-16-14)10-13-15-11-17-18(13)12(2)3/h11-12,16H,4-10H2,1-3H3. The molecule has 4 nitrogen and oxygen atoms in total. The van der Waals surface area contributed by atoms with Crippen LogP contribution in [0, 0.1) is 0 Å². The zero-order valence-electron chi connectivity index (χ0n) is 11.9. The van der Waals surface area contributed by atoms with Crippen molar-refractivity contribution in [3.63, 3.8) is 0 Å². The zero-order valence-corrected chi connectivity index (χ0v) is 11.9. The molecule has 1 aromatic heterocycles. The highest BCUT2D eigenvalue weighted by molar-refractivity contribution is 5.00. The molecule has 0 bridgehead atoms. The summed E-state index contributed by atoms with van der Waals surface area (Å²) < 4.78 is 2.06. The maximum absolute atomic E-state index is 4.47. The normalized spacial score (nSPS) is 25.3. The lowest BCUT2D eigenvalue weighted by molar-refractivity contribution is 0.289. The van der Waals surface area contributed by atoms with Gasteiger partial charge in [-0.15, -0.1) is 0 Å². The molecule has 0 saturated carbocycles. The van der Waals surface area contributed by atoms with E-state index in [0.717, 1.165) is 25.2 Å². The molecule has 2 rings (SSSR count). The first kappa shape index (κ1) is 13.5. The average molecular weight is 250 g/mol. The molecule has 0 aliphatic carbocycles. The van der Waals surface area contributed by atoms with E-state index in [-0.39, 0.29) is 5.54 Å². The van der Waals surface area contributed by atoms with Gasteiger partial charge in [0.05, 0.1) is 0 Å². The van der Waals surface area contributed by atoms with Crippen molar-refractivity contribution in [3.05, 3.63) is 12.2 Å². The van der Waals surface area contributed by atoms with Gasteiger partial charge in [-0.3, -0.25) is 0 Å². The summed E-state index contributed by atoms with van der Waals surface area (Å²) in [5.41, 5.74) is 0.232. The maximum atomic E-state index is 4.47. The Morgan fingerprint density at radius 2 is 2.22 bits per heavy atom. The molecule has 1 fully saturated rings. The first-order valence-corrected chi connectivity index (χ1v) is 7.30. The van der Waals surface area contributed by atoms with Crippen LogP contribution in [0.25, 0.3) is 0 Å². The van der Waals surface area contributed by atoms with E-state index in [9.17, 15) is 0 Å². The lowest BCUT2D eigenvalue weighted by atomic mass is 9.87. The number of aromatic nitrogens is 3. The minimum absolute atomic E-state index is 0.232. The van der Waals surface area contributed by atoms with Gasteiger partial charge >= 0.3 is 0 Å².